The maximum Gasteiger partial charge on any atom is 0.275 e. The van der Waals surface area contributed by atoms with Crippen molar-refractivity contribution in [3.63, 3.8) is 0 Å². The number of nitrogens with one attached hydrogen (secondary N) is 1. The number of halogens is 1. The van der Waals surface area contributed by atoms with Crippen molar-refractivity contribution in [1.29, 1.82) is 0 Å². The van der Waals surface area contributed by atoms with Crippen LogP contribution in [0.3, 0.4) is 0 Å². The zero-order valence-electron chi connectivity index (χ0n) is 15.0. The molecule has 0 saturated carbocycles. The molecule has 0 aliphatic rings. The zero-order chi connectivity index (χ0) is 19.9. The van der Waals surface area contributed by atoms with Gasteiger partial charge in [0.1, 0.15) is 11.2 Å². The number of nitrogens with zero attached hydrogens (tertiary/aromatic N) is 2. The fraction of sp³-hybridized carbons (Fsp3) is 0.222. The molecule has 2 heterocycles. The van der Waals surface area contributed by atoms with E-state index in [2.05, 4.69) is 21.2 Å². The van der Waals surface area contributed by atoms with Crippen LogP contribution in [0.5, 0.6) is 0 Å². The summed E-state index contributed by atoms with van der Waals surface area (Å²) >= 11 is 3.35. The number of pyridine rings is 1. The summed E-state index contributed by atoms with van der Waals surface area (Å²) in [7, 11) is -2.65. The van der Waals surface area contributed by atoms with E-state index in [0.29, 0.717) is 16.4 Å². The minimum Gasteiger partial charge on any atom is -0.351 e. The third-order valence-electron chi connectivity index (χ3n) is 4.17. The van der Waals surface area contributed by atoms with E-state index < -0.39 is 21.5 Å². The summed E-state index contributed by atoms with van der Waals surface area (Å²) < 4.78 is 29.3. The van der Waals surface area contributed by atoms with E-state index in [4.69, 9.17) is 0 Å². The van der Waals surface area contributed by atoms with Crippen molar-refractivity contribution in [3.8, 4) is 0 Å². The summed E-state index contributed by atoms with van der Waals surface area (Å²) in [5.41, 5.74) is 0.193. The molecule has 0 bridgehead atoms. The molecule has 1 amide bonds. The molecule has 3 rings (SSSR count). The summed E-state index contributed by atoms with van der Waals surface area (Å²) in [6.07, 6.45) is 1.54. The quantitative estimate of drug-likeness (QED) is 0.659. The molecule has 0 unspecified atom stereocenters. The van der Waals surface area contributed by atoms with E-state index in [0.717, 1.165) is 9.54 Å². The molecule has 3 aromatic rings. The second-order valence-electron chi connectivity index (χ2n) is 6.13. The molecule has 0 saturated heterocycles. The van der Waals surface area contributed by atoms with E-state index in [-0.39, 0.29) is 16.1 Å². The predicted molar refractivity (Wildman–Crippen MR) is 107 cm³/mol. The van der Waals surface area contributed by atoms with Gasteiger partial charge < -0.3 is 9.88 Å². The van der Waals surface area contributed by atoms with Crippen molar-refractivity contribution in [3.05, 3.63) is 62.6 Å². The van der Waals surface area contributed by atoms with Crippen LogP contribution in [0.15, 0.2) is 50.7 Å². The zero-order valence-corrected chi connectivity index (χ0v) is 17.4. The van der Waals surface area contributed by atoms with Gasteiger partial charge in [0.2, 0.25) is 0 Å². The highest BCUT2D eigenvalue weighted by molar-refractivity contribution is 9.10. The van der Waals surface area contributed by atoms with Gasteiger partial charge in [0.15, 0.2) is 0 Å². The van der Waals surface area contributed by atoms with Crippen LogP contribution in [0.4, 0.5) is 0 Å². The van der Waals surface area contributed by atoms with Crippen molar-refractivity contribution in [2.75, 3.05) is 6.54 Å². The van der Waals surface area contributed by atoms with E-state index in [9.17, 15) is 18.0 Å². The van der Waals surface area contributed by atoms with Gasteiger partial charge in [0.25, 0.3) is 21.5 Å². The Labute approximate surface area is 164 Å². The molecule has 0 aliphatic heterocycles. The first-order valence-electron chi connectivity index (χ1n) is 8.19. The highest BCUT2D eigenvalue weighted by Gasteiger charge is 2.29. The number of carbonyl (C=O) groups is 1. The normalized spacial score (nSPS) is 11.7. The summed E-state index contributed by atoms with van der Waals surface area (Å²) in [5.74, 6) is -0.571. The topological polar surface area (TPSA) is 90.2 Å². The van der Waals surface area contributed by atoms with Gasteiger partial charge in [-0.25, -0.2) is 12.4 Å². The lowest BCUT2D eigenvalue weighted by atomic mass is 10.2. The molecule has 142 valence electrons. The molecule has 7 nitrogen and oxygen atoms in total. The Morgan fingerprint density at radius 1 is 1.22 bits per heavy atom. The van der Waals surface area contributed by atoms with Gasteiger partial charge in [-0.1, -0.05) is 17.7 Å². The predicted octanol–water partition coefficient (Wildman–Crippen LogP) is 2.40. The van der Waals surface area contributed by atoms with Crippen LogP contribution in [-0.4, -0.2) is 29.4 Å². The molecule has 0 spiro atoms. The molecule has 0 aliphatic carbocycles. The molecular weight excluding hydrogens is 434 g/mol. The van der Waals surface area contributed by atoms with Crippen molar-refractivity contribution >= 4 is 42.8 Å². The first-order chi connectivity index (χ1) is 12.7. The van der Waals surface area contributed by atoms with E-state index in [1.807, 2.05) is 6.92 Å². The van der Waals surface area contributed by atoms with E-state index in [1.54, 1.807) is 19.1 Å². The molecule has 9 heteroatoms. The highest BCUT2D eigenvalue weighted by atomic mass is 79.9. The fourth-order valence-corrected chi connectivity index (χ4v) is 4.93. The summed E-state index contributed by atoms with van der Waals surface area (Å²) in [5, 5.41) is 2.96. The lowest BCUT2D eigenvalue weighted by molar-refractivity contribution is 0.0950. The Bertz CT molecular complexity index is 1210. The number of benzene rings is 1. The van der Waals surface area contributed by atoms with Gasteiger partial charge in [0, 0.05) is 29.6 Å². The second kappa shape index (κ2) is 6.97. The van der Waals surface area contributed by atoms with Crippen molar-refractivity contribution in [2.45, 2.75) is 18.7 Å². The SMILES string of the molecule is CCNC(=O)c1cc2c(Br)cn(C)c(=O)c2n1S(=O)(=O)c1ccc(C)cc1. The second-order valence-corrected chi connectivity index (χ2v) is 8.77. The van der Waals surface area contributed by atoms with Crippen LogP contribution in [0.1, 0.15) is 23.0 Å². The molecule has 1 aromatic carbocycles. The van der Waals surface area contributed by atoms with E-state index in [1.165, 1.54) is 36.0 Å². The number of carbonyl (C=O) groups excluding carboxylic acids is 1. The smallest absolute Gasteiger partial charge is 0.275 e. The Morgan fingerprint density at radius 2 is 1.85 bits per heavy atom. The number of fused-ring (bicyclic) bond motifs is 1. The van der Waals surface area contributed by atoms with Crippen LogP contribution >= 0.6 is 15.9 Å². The Kier molecular flexibility index (Phi) is 5.00. The van der Waals surface area contributed by atoms with E-state index >= 15 is 0 Å². The molecule has 0 fully saturated rings. The number of aryl methyl sites for hydroxylation is 2. The average molecular weight is 452 g/mol. The standard InChI is InChI=1S/C18H18BrN3O4S/c1-4-20-17(23)15-9-13-14(19)10-21(3)18(24)16(13)22(15)27(25,26)12-7-5-11(2)6-8-12/h5-10H,4H2,1-3H3,(H,20,23). The van der Waals surface area contributed by atoms with Crippen molar-refractivity contribution < 1.29 is 13.2 Å². The lowest BCUT2D eigenvalue weighted by Gasteiger charge is -2.12. The molecule has 0 atom stereocenters. The Hall–Kier alpha value is -2.39. The van der Waals surface area contributed by atoms with Crippen LogP contribution < -0.4 is 10.9 Å². The molecular formula is C18H18BrN3O4S. The fourth-order valence-electron chi connectivity index (χ4n) is 2.82. The number of rotatable bonds is 4. The number of hydrogen-bond donors (Lipinski definition) is 1. The highest BCUT2D eigenvalue weighted by Crippen LogP contribution is 2.28. The molecule has 1 N–H and O–H groups in total. The van der Waals surface area contributed by atoms with Gasteiger partial charge >= 0.3 is 0 Å². The minimum atomic E-state index is -4.17. The largest absolute Gasteiger partial charge is 0.351 e. The number of hydrogen-bond acceptors (Lipinski definition) is 4. The lowest BCUT2D eigenvalue weighted by Crippen LogP contribution is -2.29. The third-order valence-corrected chi connectivity index (χ3v) is 6.53. The van der Waals surface area contributed by atoms with Gasteiger partial charge in [-0.2, -0.15) is 0 Å². The van der Waals surface area contributed by atoms with Gasteiger partial charge in [-0.05, 0) is 48.0 Å². The first-order valence-corrected chi connectivity index (χ1v) is 10.4. The van der Waals surface area contributed by atoms with Crippen molar-refractivity contribution in [1.82, 2.24) is 13.9 Å². The maximum atomic E-state index is 13.3. The van der Waals surface area contributed by atoms with Crippen LogP contribution in [-0.2, 0) is 17.1 Å². The average Bonchev–Trinajstić information content (AvgIpc) is 3.02. The van der Waals surface area contributed by atoms with Crippen LogP contribution in [0.2, 0.25) is 0 Å². The first kappa shape index (κ1) is 19.4. The number of amides is 1. The minimum absolute atomic E-state index is 0.00169. The van der Waals surface area contributed by atoms with Gasteiger partial charge in [0.05, 0.1) is 4.90 Å². The molecule has 27 heavy (non-hydrogen) atoms. The summed E-state index contributed by atoms with van der Waals surface area (Å²) in [6, 6.07) is 7.66. The molecule has 0 radical (unpaired) electrons. The number of aromatic nitrogens is 2. The third kappa shape index (κ3) is 3.21. The summed E-state index contributed by atoms with van der Waals surface area (Å²) in [6.45, 7) is 3.90. The van der Waals surface area contributed by atoms with Crippen molar-refractivity contribution in [2.24, 2.45) is 7.05 Å². The molecule has 2 aromatic heterocycles. The Balaban J connectivity index is 2.45. The monoisotopic (exact) mass is 451 g/mol. The van der Waals surface area contributed by atoms with Crippen LogP contribution in [0.25, 0.3) is 10.9 Å². The summed E-state index contributed by atoms with van der Waals surface area (Å²) in [4.78, 5) is 25.3. The van der Waals surface area contributed by atoms with Crippen LogP contribution in [0, 0.1) is 6.92 Å². The van der Waals surface area contributed by atoms with Gasteiger partial charge in [-0.3, -0.25) is 9.59 Å². The maximum absolute atomic E-state index is 13.3. The Morgan fingerprint density at radius 3 is 2.44 bits per heavy atom. The van der Waals surface area contributed by atoms with Gasteiger partial charge in [-0.15, -0.1) is 0 Å².